The van der Waals surface area contributed by atoms with Gasteiger partial charge >= 0.3 is 0 Å². The van der Waals surface area contributed by atoms with Crippen molar-refractivity contribution in [1.29, 1.82) is 0 Å². The van der Waals surface area contributed by atoms with Crippen molar-refractivity contribution >= 4 is 32.4 Å². The highest BCUT2D eigenvalue weighted by Gasteiger charge is 2.25. The molecule has 5 nitrogen and oxygen atoms in total. The minimum absolute atomic E-state index is 0.163. The lowest BCUT2D eigenvalue weighted by molar-refractivity contribution is 0.434. The van der Waals surface area contributed by atoms with E-state index in [9.17, 15) is 8.42 Å². The van der Waals surface area contributed by atoms with Gasteiger partial charge in [-0.25, -0.2) is 18.4 Å². The van der Waals surface area contributed by atoms with E-state index in [0.717, 1.165) is 16.7 Å². The number of sulfonamides is 1. The second-order valence-corrected chi connectivity index (χ2v) is 8.38. The van der Waals surface area contributed by atoms with E-state index < -0.39 is 10.0 Å². The molecule has 0 aliphatic carbocycles. The summed E-state index contributed by atoms with van der Waals surface area (Å²) in [6.45, 7) is 5.90. The molecule has 0 aliphatic heterocycles. The Labute approximate surface area is 145 Å². The van der Waals surface area contributed by atoms with Gasteiger partial charge in [0.05, 0.1) is 29.0 Å². The van der Waals surface area contributed by atoms with Gasteiger partial charge in [0, 0.05) is 6.54 Å². The fraction of sp³-hybridized carbons (Fsp3) is 0.176. The maximum atomic E-state index is 12.8. The summed E-state index contributed by atoms with van der Waals surface area (Å²) in [5, 5.41) is 1.75. The van der Waals surface area contributed by atoms with E-state index in [4.69, 9.17) is 0 Å². The fourth-order valence-electron chi connectivity index (χ4n) is 2.37. The van der Waals surface area contributed by atoms with Gasteiger partial charge < -0.3 is 0 Å². The van der Waals surface area contributed by atoms with E-state index in [1.54, 1.807) is 23.6 Å². The number of hydrogen-bond acceptors (Lipinski definition) is 5. The molecule has 24 heavy (non-hydrogen) atoms. The molecule has 0 N–H and O–H groups in total. The van der Waals surface area contributed by atoms with Crippen LogP contribution >= 0.6 is 11.3 Å². The van der Waals surface area contributed by atoms with Gasteiger partial charge in [-0.1, -0.05) is 24.3 Å². The average Bonchev–Trinajstić information content (AvgIpc) is 3.10. The molecule has 0 unspecified atom stereocenters. The third kappa shape index (κ3) is 3.24. The van der Waals surface area contributed by atoms with E-state index in [0.29, 0.717) is 9.90 Å². The smallest absolute Gasteiger partial charge is 0.250 e. The number of aromatic nitrogens is 2. The number of benzene rings is 1. The second-order valence-electron chi connectivity index (χ2n) is 5.26. The summed E-state index contributed by atoms with van der Waals surface area (Å²) >= 11 is 1.20. The largest absolute Gasteiger partial charge is 0.253 e. The Balaban J connectivity index is 2.00. The molecule has 0 amide bonds. The minimum Gasteiger partial charge on any atom is -0.250 e. The molecule has 0 bridgehead atoms. The zero-order valence-electron chi connectivity index (χ0n) is 13.2. The van der Waals surface area contributed by atoms with Gasteiger partial charge in [0.15, 0.2) is 0 Å². The monoisotopic (exact) mass is 359 g/mol. The van der Waals surface area contributed by atoms with Crippen LogP contribution in [0, 0.1) is 6.92 Å². The van der Waals surface area contributed by atoms with Crippen LogP contribution in [0.4, 0.5) is 0 Å². The lowest BCUT2D eigenvalue weighted by Crippen LogP contribution is -2.31. The second kappa shape index (κ2) is 6.80. The summed E-state index contributed by atoms with van der Waals surface area (Å²) in [7, 11) is -3.58. The van der Waals surface area contributed by atoms with E-state index >= 15 is 0 Å². The van der Waals surface area contributed by atoms with Crippen LogP contribution in [0.25, 0.3) is 11.0 Å². The number of hydrogen-bond donors (Lipinski definition) is 0. The molecule has 0 saturated heterocycles. The molecule has 2 heterocycles. The standard InChI is InChI=1S/C17H17N3O2S2/c1-3-10-20(24(21,22)17-9-6-11-23-17)12-16-13(2)18-14-7-4-5-8-15(14)19-16/h3-9,11H,1,10,12H2,2H3. The first-order valence-electron chi connectivity index (χ1n) is 7.39. The lowest BCUT2D eigenvalue weighted by Gasteiger charge is -2.20. The van der Waals surface area contributed by atoms with Crippen LogP contribution in [0.1, 0.15) is 11.4 Å². The van der Waals surface area contributed by atoms with Gasteiger partial charge in [0.2, 0.25) is 0 Å². The molecular weight excluding hydrogens is 342 g/mol. The summed E-state index contributed by atoms with van der Waals surface area (Å²) in [6, 6.07) is 10.9. The zero-order chi connectivity index (χ0) is 17.2. The number of aryl methyl sites for hydroxylation is 1. The average molecular weight is 359 g/mol. The molecule has 0 saturated carbocycles. The molecule has 3 aromatic rings. The van der Waals surface area contributed by atoms with Gasteiger partial charge in [-0.15, -0.1) is 17.9 Å². The predicted molar refractivity (Wildman–Crippen MR) is 96.4 cm³/mol. The van der Waals surface area contributed by atoms with Crippen molar-refractivity contribution in [2.75, 3.05) is 6.54 Å². The first-order valence-corrected chi connectivity index (χ1v) is 9.71. The molecule has 0 atom stereocenters. The van der Waals surface area contributed by atoms with Crippen molar-refractivity contribution in [1.82, 2.24) is 14.3 Å². The summed E-state index contributed by atoms with van der Waals surface area (Å²) in [4.78, 5) is 9.12. The quantitative estimate of drug-likeness (QED) is 0.633. The van der Waals surface area contributed by atoms with Gasteiger partial charge in [0.25, 0.3) is 10.0 Å². The summed E-state index contributed by atoms with van der Waals surface area (Å²) in [5.41, 5.74) is 2.93. The predicted octanol–water partition coefficient (Wildman–Crippen LogP) is 3.38. The Hall–Kier alpha value is -2.09. The molecule has 124 valence electrons. The van der Waals surface area contributed by atoms with Crippen LogP contribution in [-0.4, -0.2) is 29.2 Å². The Morgan fingerprint density at radius 2 is 1.88 bits per heavy atom. The Bertz CT molecular complexity index is 967. The van der Waals surface area contributed by atoms with Gasteiger partial charge in [0.1, 0.15) is 4.21 Å². The molecule has 3 rings (SSSR count). The van der Waals surface area contributed by atoms with Crippen LogP contribution < -0.4 is 0 Å². The Kier molecular flexibility index (Phi) is 4.75. The summed E-state index contributed by atoms with van der Waals surface area (Å²) in [5.74, 6) is 0. The maximum Gasteiger partial charge on any atom is 0.253 e. The number of para-hydroxylation sites is 2. The van der Waals surface area contributed by atoms with Crippen molar-refractivity contribution in [3.63, 3.8) is 0 Å². The van der Waals surface area contributed by atoms with Gasteiger partial charge in [-0.3, -0.25) is 0 Å². The van der Waals surface area contributed by atoms with E-state index in [1.165, 1.54) is 15.6 Å². The number of nitrogens with zero attached hydrogens (tertiary/aromatic N) is 3. The molecule has 7 heteroatoms. The van der Waals surface area contributed by atoms with Crippen LogP contribution in [0.5, 0.6) is 0 Å². The van der Waals surface area contributed by atoms with Crippen LogP contribution in [0.3, 0.4) is 0 Å². The normalized spacial score (nSPS) is 11.9. The Morgan fingerprint density at radius 3 is 2.50 bits per heavy atom. The minimum atomic E-state index is -3.58. The molecule has 2 aromatic heterocycles. The summed E-state index contributed by atoms with van der Waals surface area (Å²) in [6.07, 6.45) is 1.58. The summed E-state index contributed by atoms with van der Waals surface area (Å²) < 4.78 is 27.3. The van der Waals surface area contributed by atoms with Crippen molar-refractivity contribution in [3.8, 4) is 0 Å². The molecule has 0 spiro atoms. The lowest BCUT2D eigenvalue weighted by atomic mass is 10.2. The first kappa shape index (κ1) is 16.8. The number of rotatable bonds is 6. The topological polar surface area (TPSA) is 63.2 Å². The highest BCUT2D eigenvalue weighted by atomic mass is 32.2. The van der Waals surface area contributed by atoms with E-state index in [1.807, 2.05) is 31.2 Å². The first-order chi connectivity index (χ1) is 11.5. The maximum absolute atomic E-state index is 12.8. The molecular formula is C17H17N3O2S2. The number of thiophene rings is 1. The van der Waals surface area contributed by atoms with Crippen molar-refractivity contribution in [3.05, 3.63) is 65.8 Å². The number of fused-ring (bicyclic) bond motifs is 1. The third-order valence-corrected chi connectivity index (χ3v) is 6.78. The van der Waals surface area contributed by atoms with Crippen molar-refractivity contribution < 1.29 is 8.42 Å². The molecule has 0 radical (unpaired) electrons. The van der Waals surface area contributed by atoms with E-state index in [2.05, 4.69) is 16.5 Å². The zero-order valence-corrected chi connectivity index (χ0v) is 14.8. The Morgan fingerprint density at radius 1 is 1.17 bits per heavy atom. The molecule has 0 fully saturated rings. The van der Waals surface area contributed by atoms with Crippen LogP contribution in [-0.2, 0) is 16.6 Å². The highest BCUT2D eigenvalue weighted by Crippen LogP contribution is 2.23. The molecule has 0 aliphatic rings. The van der Waals surface area contributed by atoms with E-state index in [-0.39, 0.29) is 13.1 Å². The van der Waals surface area contributed by atoms with Gasteiger partial charge in [-0.05, 0) is 30.5 Å². The highest BCUT2D eigenvalue weighted by molar-refractivity contribution is 7.91. The van der Waals surface area contributed by atoms with Crippen molar-refractivity contribution in [2.45, 2.75) is 17.7 Å². The van der Waals surface area contributed by atoms with Crippen LogP contribution in [0.15, 0.2) is 58.6 Å². The van der Waals surface area contributed by atoms with Crippen LogP contribution in [0.2, 0.25) is 0 Å². The fourth-order valence-corrected chi connectivity index (χ4v) is 4.89. The third-order valence-electron chi connectivity index (χ3n) is 3.59. The van der Waals surface area contributed by atoms with Crippen molar-refractivity contribution in [2.24, 2.45) is 0 Å². The molecule has 1 aromatic carbocycles. The SMILES string of the molecule is C=CCN(Cc1nc2ccccc2nc1C)S(=O)(=O)c1cccs1. The van der Waals surface area contributed by atoms with Gasteiger partial charge in [-0.2, -0.15) is 4.31 Å².